The van der Waals surface area contributed by atoms with E-state index in [1.165, 1.54) is 11.1 Å². The average molecular weight is 285 g/mol. The van der Waals surface area contributed by atoms with Gasteiger partial charge < -0.3 is 15.2 Å². The van der Waals surface area contributed by atoms with Crippen molar-refractivity contribution in [3.8, 4) is 0 Å². The van der Waals surface area contributed by atoms with Gasteiger partial charge in [0.25, 0.3) is 0 Å². The molecule has 0 spiro atoms. The second kappa shape index (κ2) is 5.69. The van der Waals surface area contributed by atoms with Gasteiger partial charge in [-0.1, -0.05) is 17.3 Å². The summed E-state index contributed by atoms with van der Waals surface area (Å²) >= 11 is 0. The number of nitrogens with zero attached hydrogens (tertiary/aromatic N) is 1. The summed E-state index contributed by atoms with van der Waals surface area (Å²) in [6, 6.07) is 6.05. The number of anilines is 1. The van der Waals surface area contributed by atoms with E-state index in [0.717, 1.165) is 36.5 Å². The molecule has 1 amide bonds. The molecule has 0 atom stereocenters. The third-order valence-electron chi connectivity index (χ3n) is 3.93. The van der Waals surface area contributed by atoms with Gasteiger partial charge in [0.05, 0.1) is 12.1 Å². The number of hydrogen-bond donors (Lipinski definition) is 2. The van der Waals surface area contributed by atoms with E-state index in [2.05, 4.69) is 21.9 Å². The van der Waals surface area contributed by atoms with Crippen molar-refractivity contribution in [3.05, 3.63) is 46.3 Å². The van der Waals surface area contributed by atoms with E-state index >= 15 is 0 Å². The molecule has 2 heterocycles. The largest absolute Gasteiger partial charge is 0.361 e. The van der Waals surface area contributed by atoms with Crippen LogP contribution in [0, 0.1) is 13.8 Å². The number of aromatic nitrogens is 1. The van der Waals surface area contributed by atoms with Crippen molar-refractivity contribution >= 4 is 11.6 Å². The minimum atomic E-state index is -0.0312. The number of hydrogen-bond acceptors (Lipinski definition) is 4. The van der Waals surface area contributed by atoms with Crippen LogP contribution in [0.1, 0.15) is 28.1 Å². The number of rotatable bonds is 3. The van der Waals surface area contributed by atoms with E-state index < -0.39 is 0 Å². The maximum absolute atomic E-state index is 12.3. The lowest BCUT2D eigenvalue weighted by Gasteiger charge is -2.20. The zero-order chi connectivity index (χ0) is 14.8. The number of benzene rings is 1. The van der Waals surface area contributed by atoms with Gasteiger partial charge in [-0.05, 0) is 44.0 Å². The highest BCUT2D eigenvalue weighted by Gasteiger charge is 2.17. The monoisotopic (exact) mass is 285 g/mol. The third kappa shape index (κ3) is 2.83. The van der Waals surface area contributed by atoms with Crippen LogP contribution in [-0.2, 0) is 24.2 Å². The molecule has 2 aromatic rings. The van der Waals surface area contributed by atoms with Crippen LogP contribution in [0.4, 0.5) is 5.69 Å². The molecule has 5 nitrogen and oxygen atoms in total. The maximum atomic E-state index is 12.3. The minimum absolute atomic E-state index is 0.0312. The molecule has 5 heteroatoms. The van der Waals surface area contributed by atoms with Crippen molar-refractivity contribution < 1.29 is 9.32 Å². The number of aryl methyl sites for hydroxylation is 2. The van der Waals surface area contributed by atoms with E-state index in [9.17, 15) is 4.79 Å². The topological polar surface area (TPSA) is 67.2 Å². The summed E-state index contributed by atoms with van der Waals surface area (Å²) in [6.45, 7) is 5.50. The van der Waals surface area contributed by atoms with Crippen LogP contribution < -0.4 is 10.6 Å². The van der Waals surface area contributed by atoms with Crippen LogP contribution in [-0.4, -0.2) is 17.6 Å². The Balaban J connectivity index is 1.76. The first-order valence-electron chi connectivity index (χ1n) is 7.18. The van der Waals surface area contributed by atoms with E-state index in [0.29, 0.717) is 12.2 Å². The van der Waals surface area contributed by atoms with Crippen LogP contribution in [0.15, 0.2) is 22.7 Å². The van der Waals surface area contributed by atoms with E-state index in [1.807, 2.05) is 26.0 Å². The molecule has 0 fully saturated rings. The first-order chi connectivity index (χ1) is 10.1. The van der Waals surface area contributed by atoms with Crippen molar-refractivity contribution in [1.82, 2.24) is 10.5 Å². The quantitative estimate of drug-likeness (QED) is 0.906. The molecule has 0 bridgehead atoms. The van der Waals surface area contributed by atoms with Gasteiger partial charge >= 0.3 is 0 Å². The minimum Gasteiger partial charge on any atom is -0.361 e. The normalized spacial score (nSPS) is 13.8. The molecule has 1 aromatic heterocycles. The Labute approximate surface area is 123 Å². The summed E-state index contributed by atoms with van der Waals surface area (Å²) in [4.78, 5) is 12.3. The average Bonchev–Trinajstić information content (AvgIpc) is 2.79. The molecule has 1 aliphatic heterocycles. The molecule has 21 heavy (non-hydrogen) atoms. The lowest BCUT2D eigenvalue weighted by molar-refractivity contribution is -0.115. The number of carbonyl (C=O) groups excluding carboxylic acids is 1. The fraction of sp³-hybridized carbons (Fsp3) is 0.375. The first-order valence-corrected chi connectivity index (χ1v) is 7.18. The second-order valence-electron chi connectivity index (χ2n) is 5.40. The Morgan fingerprint density at radius 2 is 2.29 bits per heavy atom. The van der Waals surface area contributed by atoms with Crippen LogP contribution >= 0.6 is 0 Å². The smallest absolute Gasteiger partial charge is 0.229 e. The molecule has 1 aliphatic rings. The summed E-state index contributed by atoms with van der Waals surface area (Å²) in [6.07, 6.45) is 1.24. The molecular formula is C16H19N3O2. The highest BCUT2D eigenvalue weighted by Crippen LogP contribution is 2.23. The summed E-state index contributed by atoms with van der Waals surface area (Å²) in [5.74, 6) is 0.679. The molecule has 2 N–H and O–H groups in total. The Bertz CT molecular complexity index is 657. The fourth-order valence-electron chi connectivity index (χ4n) is 2.76. The summed E-state index contributed by atoms with van der Waals surface area (Å²) in [7, 11) is 0. The zero-order valence-corrected chi connectivity index (χ0v) is 12.3. The molecule has 3 rings (SSSR count). The zero-order valence-electron chi connectivity index (χ0n) is 12.3. The second-order valence-corrected chi connectivity index (χ2v) is 5.40. The Morgan fingerprint density at radius 1 is 1.43 bits per heavy atom. The molecule has 0 radical (unpaired) electrons. The molecule has 0 unspecified atom stereocenters. The number of fused-ring (bicyclic) bond motifs is 1. The Kier molecular flexibility index (Phi) is 3.75. The molecule has 110 valence electrons. The van der Waals surface area contributed by atoms with Gasteiger partial charge in [0.15, 0.2) is 0 Å². The highest BCUT2D eigenvalue weighted by atomic mass is 16.5. The van der Waals surface area contributed by atoms with Gasteiger partial charge in [-0.25, -0.2) is 0 Å². The summed E-state index contributed by atoms with van der Waals surface area (Å²) in [5.41, 5.74) is 5.08. The van der Waals surface area contributed by atoms with Gasteiger partial charge in [0.1, 0.15) is 5.76 Å². The first kappa shape index (κ1) is 13.8. The van der Waals surface area contributed by atoms with Crippen LogP contribution in [0.3, 0.4) is 0 Å². The van der Waals surface area contributed by atoms with Gasteiger partial charge in [-0.3, -0.25) is 4.79 Å². The predicted octanol–water partition coefficient (Wildman–Crippen LogP) is 2.12. The van der Waals surface area contributed by atoms with E-state index in [-0.39, 0.29) is 5.91 Å². The molecular weight excluding hydrogens is 266 g/mol. The van der Waals surface area contributed by atoms with Crippen molar-refractivity contribution in [1.29, 1.82) is 0 Å². The van der Waals surface area contributed by atoms with Crippen LogP contribution in [0.5, 0.6) is 0 Å². The third-order valence-corrected chi connectivity index (χ3v) is 3.93. The Morgan fingerprint density at radius 3 is 3.05 bits per heavy atom. The van der Waals surface area contributed by atoms with Gasteiger partial charge in [-0.2, -0.15) is 0 Å². The van der Waals surface area contributed by atoms with Crippen molar-refractivity contribution in [2.45, 2.75) is 33.2 Å². The molecule has 0 saturated heterocycles. The lowest BCUT2D eigenvalue weighted by Crippen LogP contribution is -2.25. The van der Waals surface area contributed by atoms with Crippen molar-refractivity contribution in [2.75, 3.05) is 11.9 Å². The molecule has 1 aromatic carbocycles. The molecule has 0 aliphatic carbocycles. The van der Waals surface area contributed by atoms with E-state index in [1.54, 1.807) is 0 Å². The summed E-state index contributed by atoms with van der Waals surface area (Å²) in [5, 5.41) is 10.2. The predicted molar refractivity (Wildman–Crippen MR) is 80.2 cm³/mol. The van der Waals surface area contributed by atoms with Crippen LogP contribution in [0.25, 0.3) is 0 Å². The van der Waals surface area contributed by atoms with Crippen molar-refractivity contribution in [3.63, 3.8) is 0 Å². The number of carbonyl (C=O) groups is 1. The highest BCUT2D eigenvalue weighted by molar-refractivity contribution is 5.93. The van der Waals surface area contributed by atoms with Gasteiger partial charge in [0.2, 0.25) is 5.91 Å². The van der Waals surface area contributed by atoms with Gasteiger partial charge in [0, 0.05) is 17.8 Å². The number of nitrogens with one attached hydrogen (secondary N) is 2. The lowest BCUT2D eigenvalue weighted by atomic mass is 9.99. The van der Waals surface area contributed by atoms with Gasteiger partial charge in [-0.15, -0.1) is 0 Å². The maximum Gasteiger partial charge on any atom is 0.229 e. The fourth-order valence-corrected chi connectivity index (χ4v) is 2.76. The Hall–Kier alpha value is -2.14. The molecule has 0 saturated carbocycles. The SMILES string of the molecule is Cc1noc(C)c1CC(=O)Nc1cccc2c1CCNC2. The van der Waals surface area contributed by atoms with Crippen molar-refractivity contribution in [2.24, 2.45) is 0 Å². The summed E-state index contributed by atoms with van der Waals surface area (Å²) < 4.78 is 5.10. The van der Waals surface area contributed by atoms with Crippen LogP contribution in [0.2, 0.25) is 0 Å². The standard InChI is InChI=1S/C16H19N3O2/c1-10-14(11(2)21-19-10)8-16(20)18-15-5-3-4-12-9-17-7-6-13(12)15/h3-5,17H,6-9H2,1-2H3,(H,18,20). The van der Waals surface area contributed by atoms with E-state index in [4.69, 9.17) is 4.52 Å². The number of amides is 1.